The number of aryl methyl sites for hydroxylation is 2. The molecule has 0 bridgehead atoms. The Morgan fingerprint density at radius 1 is 1.22 bits per heavy atom. The lowest BCUT2D eigenvalue weighted by atomic mass is 10.1. The fourth-order valence-electron chi connectivity index (χ4n) is 2.24. The smallest absolute Gasteiger partial charge is 0.263 e. The summed E-state index contributed by atoms with van der Waals surface area (Å²) in [5, 5.41) is 0. The molecule has 2 rings (SSSR count). The van der Waals surface area contributed by atoms with Crippen LogP contribution in [0.15, 0.2) is 18.2 Å². The van der Waals surface area contributed by atoms with E-state index in [1.807, 2.05) is 30.0 Å². The van der Waals surface area contributed by atoms with E-state index in [0.717, 1.165) is 31.7 Å². The van der Waals surface area contributed by atoms with Crippen LogP contribution in [0, 0.1) is 13.8 Å². The van der Waals surface area contributed by atoms with Crippen LogP contribution < -0.4 is 4.74 Å². The molecule has 1 amide bonds. The number of hydrogen-bond donors (Lipinski definition) is 0. The maximum Gasteiger partial charge on any atom is 0.263 e. The van der Waals surface area contributed by atoms with E-state index in [2.05, 4.69) is 13.8 Å². The van der Waals surface area contributed by atoms with Crippen molar-refractivity contribution >= 4 is 5.91 Å². The summed E-state index contributed by atoms with van der Waals surface area (Å²) in [5.41, 5.74) is 2.43. The van der Waals surface area contributed by atoms with Gasteiger partial charge in [0, 0.05) is 13.1 Å². The first-order valence-electron chi connectivity index (χ1n) is 6.60. The van der Waals surface area contributed by atoms with Gasteiger partial charge >= 0.3 is 0 Å². The number of rotatable bonds is 3. The molecule has 0 saturated carbocycles. The minimum absolute atomic E-state index is 0.103. The fourth-order valence-corrected chi connectivity index (χ4v) is 2.24. The summed E-state index contributed by atoms with van der Waals surface area (Å²) in [7, 11) is 0. The molecule has 0 aromatic heterocycles. The minimum Gasteiger partial charge on any atom is -0.481 e. The number of hydrogen-bond acceptors (Lipinski definition) is 2. The van der Waals surface area contributed by atoms with Gasteiger partial charge in [-0.3, -0.25) is 4.79 Å². The maximum absolute atomic E-state index is 12.1. The standard InChI is InChI=1S/C15H21NO2/c1-11-6-7-14(10-12(11)2)18-13(3)15(17)16-8-4-5-9-16/h6-7,10,13H,4-5,8-9H2,1-3H3/t13-/m0/s1. The molecule has 0 radical (unpaired) electrons. The Bertz CT molecular complexity index is 436. The molecular formula is C15H21NO2. The number of carbonyl (C=O) groups is 1. The van der Waals surface area contributed by atoms with Crippen LogP contribution in [0.5, 0.6) is 5.75 Å². The van der Waals surface area contributed by atoms with Crippen molar-refractivity contribution in [1.82, 2.24) is 4.90 Å². The van der Waals surface area contributed by atoms with Gasteiger partial charge in [0.2, 0.25) is 0 Å². The molecular weight excluding hydrogens is 226 g/mol. The molecule has 1 atom stereocenters. The van der Waals surface area contributed by atoms with E-state index in [1.165, 1.54) is 11.1 Å². The molecule has 1 heterocycles. The summed E-state index contributed by atoms with van der Waals surface area (Å²) >= 11 is 0. The zero-order chi connectivity index (χ0) is 13.1. The number of carbonyl (C=O) groups excluding carboxylic acids is 1. The van der Waals surface area contributed by atoms with E-state index in [0.29, 0.717) is 0 Å². The van der Waals surface area contributed by atoms with Crippen molar-refractivity contribution in [3.05, 3.63) is 29.3 Å². The van der Waals surface area contributed by atoms with Crippen molar-refractivity contribution in [2.75, 3.05) is 13.1 Å². The van der Waals surface area contributed by atoms with E-state index < -0.39 is 6.10 Å². The Kier molecular flexibility index (Phi) is 3.90. The van der Waals surface area contributed by atoms with Gasteiger partial charge in [-0.2, -0.15) is 0 Å². The second-order valence-corrected chi connectivity index (χ2v) is 5.04. The molecule has 0 spiro atoms. The van der Waals surface area contributed by atoms with E-state index >= 15 is 0 Å². The topological polar surface area (TPSA) is 29.5 Å². The molecule has 0 aliphatic carbocycles. The van der Waals surface area contributed by atoms with Crippen LogP contribution in [-0.2, 0) is 4.79 Å². The van der Waals surface area contributed by atoms with E-state index in [9.17, 15) is 4.79 Å². The highest BCUT2D eigenvalue weighted by Crippen LogP contribution is 2.19. The van der Waals surface area contributed by atoms with Crippen LogP contribution in [0.2, 0.25) is 0 Å². The fraction of sp³-hybridized carbons (Fsp3) is 0.533. The molecule has 1 aliphatic heterocycles. The number of amides is 1. The van der Waals surface area contributed by atoms with Crippen LogP contribution >= 0.6 is 0 Å². The normalized spacial score (nSPS) is 16.7. The first kappa shape index (κ1) is 12.9. The van der Waals surface area contributed by atoms with Crippen molar-refractivity contribution in [3.8, 4) is 5.75 Å². The SMILES string of the molecule is Cc1ccc(O[C@@H](C)C(=O)N2CCCC2)cc1C. The third-order valence-electron chi connectivity index (χ3n) is 3.56. The molecule has 1 fully saturated rings. The average molecular weight is 247 g/mol. The predicted octanol–water partition coefficient (Wildman–Crippen LogP) is 2.69. The molecule has 0 unspecified atom stereocenters. The summed E-state index contributed by atoms with van der Waals surface area (Å²) in [6, 6.07) is 5.94. The Balaban J connectivity index is 1.99. The van der Waals surface area contributed by atoms with Crippen LogP contribution in [0.4, 0.5) is 0 Å². The summed E-state index contributed by atoms with van der Waals surface area (Å²) in [6.07, 6.45) is 1.83. The molecule has 3 nitrogen and oxygen atoms in total. The monoisotopic (exact) mass is 247 g/mol. The summed E-state index contributed by atoms with van der Waals surface area (Å²) < 4.78 is 5.73. The maximum atomic E-state index is 12.1. The lowest BCUT2D eigenvalue weighted by Gasteiger charge is -2.21. The lowest BCUT2D eigenvalue weighted by Crippen LogP contribution is -2.38. The molecule has 1 aromatic carbocycles. The molecule has 0 N–H and O–H groups in total. The zero-order valence-electron chi connectivity index (χ0n) is 11.4. The summed E-state index contributed by atoms with van der Waals surface area (Å²) in [6.45, 7) is 7.70. The summed E-state index contributed by atoms with van der Waals surface area (Å²) in [5.74, 6) is 0.879. The van der Waals surface area contributed by atoms with Crippen molar-refractivity contribution in [3.63, 3.8) is 0 Å². The van der Waals surface area contributed by atoms with Crippen LogP contribution in [0.1, 0.15) is 30.9 Å². The number of likely N-dealkylation sites (tertiary alicyclic amines) is 1. The quantitative estimate of drug-likeness (QED) is 0.822. The molecule has 1 aromatic rings. The molecule has 1 aliphatic rings. The predicted molar refractivity (Wildman–Crippen MR) is 71.8 cm³/mol. The van der Waals surface area contributed by atoms with Gasteiger partial charge in [-0.25, -0.2) is 0 Å². The lowest BCUT2D eigenvalue weighted by molar-refractivity contribution is -0.136. The Hall–Kier alpha value is -1.51. The second-order valence-electron chi connectivity index (χ2n) is 5.04. The van der Waals surface area contributed by atoms with Crippen molar-refractivity contribution in [2.45, 2.75) is 39.7 Å². The first-order chi connectivity index (χ1) is 8.58. The van der Waals surface area contributed by atoms with Gasteiger partial charge in [0.1, 0.15) is 5.75 Å². The van der Waals surface area contributed by atoms with Crippen LogP contribution in [0.25, 0.3) is 0 Å². The minimum atomic E-state index is -0.398. The molecule has 18 heavy (non-hydrogen) atoms. The van der Waals surface area contributed by atoms with Crippen molar-refractivity contribution in [1.29, 1.82) is 0 Å². The second kappa shape index (κ2) is 5.42. The Labute approximate surface area is 109 Å². The highest BCUT2D eigenvalue weighted by molar-refractivity contribution is 5.81. The molecule has 3 heteroatoms. The van der Waals surface area contributed by atoms with Gasteiger partial charge in [0.15, 0.2) is 6.10 Å². The molecule has 1 saturated heterocycles. The van der Waals surface area contributed by atoms with E-state index in [1.54, 1.807) is 0 Å². The number of nitrogens with zero attached hydrogens (tertiary/aromatic N) is 1. The van der Waals surface area contributed by atoms with Gasteiger partial charge < -0.3 is 9.64 Å². The largest absolute Gasteiger partial charge is 0.481 e. The first-order valence-corrected chi connectivity index (χ1v) is 6.60. The Morgan fingerprint density at radius 2 is 1.89 bits per heavy atom. The summed E-state index contributed by atoms with van der Waals surface area (Å²) in [4.78, 5) is 14.0. The highest BCUT2D eigenvalue weighted by atomic mass is 16.5. The zero-order valence-corrected chi connectivity index (χ0v) is 11.4. The van der Waals surface area contributed by atoms with Gasteiger partial charge in [0.25, 0.3) is 5.91 Å². The number of benzene rings is 1. The Morgan fingerprint density at radius 3 is 2.50 bits per heavy atom. The third kappa shape index (κ3) is 2.84. The van der Waals surface area contributed by atoms with Crippen LogP contribution in [-0.4, -0.2) is 30.0 Å². The average Bonchev–Trinajstić information content (AvgIpc) is 2.86. The van der Waals surface area contributed by atoms with Crippen LogP contribution in [0.3, 0.4) is 0 Å². The van der Waals surface area contributed by atoms with E-state index in [-0.39, 0.29) is 5.91 Å². The highest BCUT2D eigenvalue weighted by Gasteiger charge is 2.24. The van der Waals surface area contributed by atoms with Gasteiger partial charge in [-0.05, 0) is 56.9 Å². The third-order valence-corrected chi connectivity index (χ3v) is 3.56. The van der Waals surface area contributed by atoms with Crippen molar-refractivity contribution in [2.24, 2.45) is 0 Å². The van der Waals surface area contributed by atoms with Gasteiger partial charge in [0.05, 0.1) is 0 Å². The van der Waals surface area contributed by atoms with Gasteiger partial charge in [-0.1, -0.05) is 6.07 Å². The number of ether oxygens (including phenoxy) is 1. The van der Waals surface area contributed by atoms with E-state index in [4.69, 9.17) is 4.74 Å². The van der Waals surface area contributed by atoms with Gasteiger partial charge in [-0.15, -0.1) is 0 Å². The van der Waals surface area contributed by atoms with Crippen molar-refractivity contribution < 1.29 is 9.53 Å². The molecule has 98 valence electrons.